The highest BCUT2D eigenvalue weighted by Gasteiger charge is 2.28. The lowest BCUT2D eigenvalue weighted by Gasteiger charge is -2.19. The van der Waals surface area contributed by atoms with Crippen molar-refractivity contribution in [3.8, 4) is 66.8 Å². The second-order valence-electron chi connectivity index (χ2n) is 21.8. The lowest BCUT2D eigenvalue weighted by atomic mass is 9.85. The van der Waals surface area contributed by atoms with E-state index >= 15 is 0 Å². The number of rotatable bonds is 6. The van der Waals surface area contributed by atoms with Crippen molar-refractivity contribution in [1.82, 2.24) is 8.80 Å². The van der Waals surface area contributed by atoms with E-state index in [-0.39, 0.29) is 55.3 Å². The van der Waals surface area contributed by atoms with Crippen LogP contribution in [0, 0.1) is 0 Å². The molecule has 0 aliphatic carbocycles. The minimum absolute atomic E-state index is 0.114. The molecule has 0 saturated heterocycles. The van der Waals surface area contributed by atoms with Crippen LogP contribution < -0.4 is 0 Å². The normalized spacial score (nSPS) is 16.3. The summed E-state index contributed by atoms with van der Waals surface area (Å²) in [5.41, 5.74) is 9.02. The second-order valence-corrected chi connectivity index (χ2v) is 21.8. The SMILES string of the molecule is [2H]c1c([2H])c([2H])c(-c2ccc(-c3ccc4c5cc6c(cc5n5c7ccc(C(C)(C)C)cc7c3c45)c3ccc(-c4ccc(-c5c([2H])c([2H])c([2H])c([2H])c5[2H])cc4-c4c([2H])c([2H])c([2H])c([2H])c4[2H])c4c5cc(C(C)(C)C)ccc5n6c34)c(-c3c([2H])c([2H])c([2H])c([2H])c3[2H])c2)c([2H])c1[2H]. The Kier molecular flexibility index (Phi) is 6.12. The Bertz CT molecular complexity index is 5560. The fourth-order valence-corrected chi connectivity index (χ4v) is 11.8. The van der Waals surface area contributed by atoms with Crippen LogP contribution in [0.2, 0.25) is 0 Å². The molecule has 0 aliphatic heterocycles. The third-order valence-electron chi connectivity index (χ3n) is 15.5. The minimum Gasteiger partial charge on any atom is -0.308 e. The van der Waals surface area contributed by atoms with E-state index in [2.05, 4.69) is 98.9 Å². The number of fused-ring (bicyclic) bond motifs is 12. The molecule has 2 nitrogen and oxygen atoms in total. The van der Waals surface area contributed by atoms with Gasteiger partial charge in [-0.15, -0.1) is 0 Å². The van der Waals surface area contributed by atoms with Gasteiger partial charge in [0.15, 0.2) is 0 Å². The van der Waals surface area contributed by atoms with Crippen molar-refractivity contribution in [2.24, 2.45) is 0 Å². The quantitative estimate of drug-likeness (QED) is 0.157. The topological polar surface area (TPSA) is 8.82 Å². The molecule has 15 rings (SSSR count). The highest BCUT2D eigenvalue weighted by Crippen LogP contribution is 2.51. The van der Waals surface area contributed by atoms with Crippen LogP contribution in [0.1, 0.15) is 80.1 Å². The first-order valence-corrected chi connectivity index (χ1v) is 25.3. The fraction of sp³-hybridized carbons (Fsp3) is 0.108. The van der Waals surface area contributed by atoms with E-state index in [0.29, 0.717) is 22.3 Å². The van der Waals surface area contributed by atoms with E-state index in [1.807, 2.05) is 24.3 Å². The van der Waals surface area contributed by atoms with E-state index in [1.54, 1.807) is 36.4 Å². The molecule has 0 unspecified atom stereocenters. The molecule has 0 aliphatic rings. The summed E-state index contributed by atoms with van der Waals surface area (Å²) in [5.74, 6) is 0. The molecule has 15 aromatic rings. The molecule has 4 heterocycles. The first-order chi connectivity index (χ1) is 45.3. The van der Waals surface area contributed by atoms with Crippen LogP contribution in [0.5, 0.6) is 0 Å². The maximum absolute atomic E-state index is 9.36. The molecule has 11 aromatic carbocycles. The summed E-state index contributed by atoms with van der Waals surface area (Å²) < 4.78 is 181. The molecule has 0 amide bonds. The molecular weight excluding hydrogens is 917 g/mol. The van der Waals surface area contributed by atoms with Crippen molar-refractivity contribution >= 4 is 76.2 Å². The van der Waals surface area contributed by atoms with Gasteiger partial charge in [0.2, 0.25) is 0 Å². The molecule has 362 valence electrons. The number of benzene rings is 11. The van der Waals surface area contributed by atoms with Crippen LogP contribution in [0.3, 0.4) is 0 Å². The third-order valence-corrected chi connectivity index (χ3v) is 15.5. The molecule has 0 saturated carbocycles. The summed E-state index contributed by atoms with van der Waals surface area (Å²) in [6, 6.07) is 24.5. The maximum Gasteiger partial charge on any atom is 0.0629 e. The van der Waals surface area contributed by atoms with Crippen LogP contribution in [-0.4, -0.2) is 8.80 Å². The lowest BCUT2D eigenvalue weighted by molar-refractivity contribution is 0.591. The number of nitrogens with zero attached hydrogens (tertiary/aromatic N) is 2. The standard InChI is InChI=1S/C74H56N2/c1-73(2,3)51-29-37-65-63(41-51)69-55(53-31-27-49(45-19-11-7-12-20-45)39-59(53)47-23-15-9-16-24-47)33-35-57-61-44-68-62(43-67(61)75(65)71(57)69)58-36-34-56(70-64-42-52(74(4,5)6)30-38-66(64)76(68)72(58)70)54-32-28-50(46-21-13-8-14-22-46)40-60(54)48-25-17-10-18-26-48/h7-44H,1-6H3/i7D,8D,9D,10D,11D,12D,13D,14D,15D,16D,17D,18D,19D,20D,21D,22D,23D,24D,25D,26D. The molecule has 0 spiro atoms. The van der Waals surface area contributed by atoms with Gasteiger partial charge in [0.1, 0.15) is 0 Å². The Morgan fingerprint density at radius 2 is 0.632 bits per heavy atom. The maximum atomic E-state index is 9.36. The third kappa shape index (κ3) is 6.59. The minimum atomic E-state index is -0.590. The molecule has 2 heteroatoms. The van der Waals surface area contributed by atoms with Gasteiger partial charge >= 0.3 is 0 Å². The van der Waals surface area contributed by atoms with Gasteiger partial charge in [-0.25, -0.2) is 0 Å². The summed E-state index contributed by atoms with van der Waals surface area (Å²) in [7, 11) is 0. The van der Waals surface area contributed by atoms with Crippen LogP contribution in [-0.2, 0) is 10.8 Å². The number of hydrogen-bond donors (Lipinski definition) is 0. The zero-order chi connectivity index (χ0) is 68.6. The Morgan fingerprint density at radius 3 is 1.00 bits per heavy atom. The Hall–Kier alpha value is -8.98. The average molecular weight is 993 g/mol. The summed E-state index contributed by atoms with van der Waals surface area (Å²) >= 11 is 0. The summed E-state index contributed by atoms with van der Waals surface area (Å²) in [6.07, 6.45) is 0. The fourth-order valence-electron chi connectivity index (χ4n) is 11.8. The summed E-state index contributed by atoms with van der Waals surface area (Å²) in [6.45, 7) is 12.8. The van der Waals surface area contributed by atoms with Crippen molar-refractivity contribution in [3.05, 3.63) is 241 Å². The van der Waals surface area contributed by atoms with Crippen LogP contribution >= 0.6 is 0 Å². The number of aromatic nitrogens is 2. The predicted molar refractivity (Wildman–Crippen MR) is 326 cm³/mol. The summed E-state index contributed by atoms with van der Waals surface area (Å²) in [5, 5.41) is 6.88. The van der Waals surface area contributed by atoms with Crippen molar-refractivity contribution in [2.45, 2.75) is 52.4 Å². The highest BCUT2D eigenvalue weighted by atomic mass is 14.9. The highest BCUT2D eigenvalue weighted by molar-refractivity contribution is 6.32. The predicted octanol–water partition coefficient (Wildman–Crippen LogP) is 20.6. The zero-order valence-corrected chi connectivity index (χ0v) is 42.3. The van der Waals surface area contributed by atoms with E-state index < -0.39 is 121 Å². The molecule has 0 radical (unpaired) electrons. The largest absolute Gasteiger partial charge is 0.308 e. The van der Waals surface area contributed by atoms with Gasteiger partial charge in [-0.05, 0) is 137 Å². The van der Waals surface area contributed by atoms with Gasteiger partial charge < -0.3 is 8.80 Å². The van der Waals surface area contributed by atoms with Gasteiger partial charge in [0.05, 0.1) is 60.5 Å². The molecule has 0 bridgehead atoms. The average Bonchev–Trinajstić information content (AvgIpc) is 1.51. The Labute approximate surface area is 471 Å². The van der Waals surface area contributed by atoms with Gasteiger partial charge in [-0.2, -0.15) is 0 Å². The van der Waals surface area contributed by atoms with E-state index in [0.717, 1.165) is 87.3 Å². The van der Waals surface area contributed by atoms with E-state index in [9.17, 15) is 5.48 Å². The Balaban J connectivity index is 1.05. The van der Waals surface area contributed by atoms with Crippen molar-refractivity contribution in [3.63, 3.8) is 0 Å². The van der Waals surface area contributed by atoms with Gasteiger partial charge in [-0.1, -0.05) is 223 Å². The smallest absolute Gasteiger partial charge is 0.0629 e. The molecule has 76 heavy (non-hydrogen) atoms. The second kappa shape index (κ2) is 16.3. The van der Waals surface area contributed by atoms with Crippen molar-refractivity contribution in [2.75, 3.05) is 0 Å². The van der Waals surface area contributed by atoms with Crippen LogP contribution in [0.25, 0.3) is 143 Å². The first-order valence-electron chi connectivity index (χ1n) is 35.3. The molecule has 0 fully saturated rings. The van der Waals surface area contributed by atoms with Crippen LogP contribution in [0.4, 0.5) is 0 Å². The molecular formula is C74H56N2. The van der Waals surface area contributed by atoms with Crippen molar-refractivity contribution < 1.29 is 27.4 Å². The van der Waals surface area contributed by atoms with Crippen molar-refractivity contribution in [1.29, 1.82) is 0 Å². The van der Waals surface area contributed by atoms with Crippen LogP contribution in [0.15, 0.2) is 230 Å². The summed E-state index contributed by atoms with van der Waals surface area (Å²) in [4.78, 5) is 0. The monoisotopic (exact) mass is 993 g/mol. The zero-order valence-electron chi connectivity index (χ0n) is 62.3. The van der Waals surface area contributed by atoms with Gasteiger partial charge in [-0.3, -0.25) is 0 Å². The first kappa shape index (κ1) is 28.6. The lowest BCUT2D eigenvalue weighted by Crippen LogP contribution is -2.10. The molecule has 0 N–H and O–H groups in total. The number of hydrogen-bond acceptors (Lipinski definition) is 0. The van der Waals surface area contributed by atoms with Gasteiger partial charge in [0.25, 0.3) is 0 Å². The van der Waals surface area contributed by atoms with E-state index in [4.69, 9.17) is 21.9 Å². The molecule has 4 aromatic heterocycles. The van der Waals surface area contributed by atoms with E-state index in [1.165, 1.54) is 0 Å². The van der Waals surface area contributed by atoms with Gasteiger partial charge in [0, 0.05) is 43.1 Å². The molecule has 0 atom stereocenters. The Morgan fingerprint density at radius 1 is 0.276 bits per heavy atom.